The lowest BCUT2D eigenvalue weighted by molar-refractivity contribution is 0.101. The lowest BCUT2D eigenvalue weighted by atomic mass is 10.1. The highest BCUT2D eigenvalue weighted by Gasteiger charge is 2.17. The van der Waals surface area contributed by atoms with Crippen molar-refractivity contribution >= 4 is 11.5 Å². The third kappa shape index (κ3) is 3.04. The molecule has 1 aromatic carbocycles. The van der Waals surface area contributed by atoms with E-state index in [2.05, 4.69) is 6.07 Å². The number of para-hydroxylation sites is 1. The van der Waals surface area contributed by atoms with Gasteiger partial charge in [0.25, 0.3) is 0 Å². The molecule has 0 fully saturated rings. The molecule has 17 heavy (non-hydrogen) atoms. The van der Waals surface area contributed by atoms with Gasteiger partial charge in [-0.2, -0.15) is 5.26 Å². The van der Waals surface area contributed by atoms with E-state index in [1.165, 1.54) is 19.1 Å². The summed E-state index contributed by atoms with van der Waals surface area (Å²) in [5, 5.41) is 8.74. The maximum Gasteiger partial charge on any atom is 0.161 e. The summed E-state index contributed by atoms with van der Waals surface area (Å²) in [4.78, 5) is 13.0. The van der Waals surface area contributed by atoms with E-state index in [9.17, 15) is 9.18 Å². The summed E-state index contributed by atoms with van der Waals surface area (Å²) >= 11 is 0. The minimum atomic E-state index is -0.440. The van der Waals surface area contributed by atoms with Crippen molar-refractivity contribution in [1.29, 1.82) is 5.26 Å². The molecule has 1 unspecified atom stereocenters. The summed E-state index contributed by atoms with van der Waals surface area (Å²) < 4.78 is 13.7. The first-order chi connectivity index (χ1) is 7.97. The molecule has 0 aliphatic heterocycles. The van der Waals surface area contributed by atoms with Crippen LogP contribution in [0.25, 0.3) is 0 Å². The first kappa shape index (κ1) is 13.2. The van der Waals surface area contributed by atoms with Gasteiger partial charge in [-0.25, -0.2) is 4.39 Å². The fourth-order valence-corrected chi connectivity index (χ4v) is 1.73. The molecule has 0 bridgehead atoms. The molecule has 1 atom stereocenters. The van der Waals surface area contributed by atoms with Crippen LogP contribution >= 0.6 is 0 Å². The van der Waals surface area contributed by atoms with Gasteiger partial charge in [0.2, 0.25) is 0 Å². The maximum atomic E-state index is 13.7. The highest BCUT2D eigenvalue weighted by Crippen LogP contribution is 2.24. The van der Waals surface area contributed by atoms with Gasteiger partial charge in [0.15, 0.2) is 5.78 Å². The first-order valence-electron chi connectivity index (χ1n) is 5.37. The summed E-state index contributed by atoms with van der Waals surface area (Å²) in [5.74, 6) is -0.847. The van der Waals surface area contributed by atoms with E-state index in [0.717, 1.165) is 0 Å². The Balaban J connectivity index is 3.12. The Bertz CT molecular complexity index is 465. The molecule has 90 valence electrons. The van der Waals surface area contributed by atoms with Crippen molar-refractivity contribution in [3.05, 3.63) is 29.6 Å². The molecule has 1 aromatic rings. The van der Waals surface area contributed by atoms with Gasteiger partial charge in [-0.3, -0.25) is 4.79 Å². The predicted octanol–water partition coefficient (Wildman–Crippen LogP) is 2.62. The normalized spacial score (nSPS) is 11.7. The smallest absolute Gasteiger partial charge is 0.161 e. The minimum absolute atomic E-state index is 0.184. The van der Waals surface area contributed by atoms with Crippen LogP contribution < -0.4 is 4.90 Å². The number of carbonyl (C=O) groups is 1. The fraction of sp³-hybridized carbons (Fsp3) is 0.385. The van der Waals surface area contributed by atoms with Crippen molar-refractivity contribution in [3.63, 3.8) is 0 Å². The first-order valence-corrected chi connectivity index (χ1v) is 5.37. The van der Waals surface area contributed by atoms with Crippen LogP contribution in [0, 0.1) is 23.1 Å². The van der Waals surface area contributed by atoms with E-state index >= 15 is 0 Å². The number of carbonyl (C=O) groups excluding carboxylic acids is 1. The van der Waals surface area contributed by atoms with E-state index in [4.69, 9.17) is 5.26 Å². The van der Waals surface area contributed by atoms with Gasteiger partial charge in [-0.15, -0.1) is 0 Å². The van der Waals surface area contributed by atoms with E-state index in [1.54, 1.807) is 24.9 Å². The number of anilines is 1. The number of hydrogen-bond donors (Lipinski definition) is 0. The maximum absolute atomic E-state index is 13.7. The molecule has 0 saturated carbocycles. The molecule has 0 N–H and O–H groups in total. The molecule has 3 nitrogen and oxygen atoms in total. The standard InChI is InChI=1S/C13H15FN2O/c1-9(7-15)8-16(3)13-11(10(2)17)5-4-6-12(13)14/h4-6,9H,8H2,1-3H3. The zero-order chi connectivity index (χ0) is 13.0. The molecule has 0 radical (unpaired) electrons. The monoisotopic (exact) mass is 234 g/mol. The fourth-order valence-electron chi connectivity index (χ4n) is 1.73. The molecular formula is C13H15FN2O. The van der Waals surface area contributed by atoms with E-state index in [0.29, 0.717) is 12.1 Å². The van der Waals surface area contributed by atoms with Gasteiger partial charge in [-0.1, -0.05) is 6.07 Å². The van der Waals surface area contributed by atoms with Gasteiger partial charge in [0.1, 0.15) is 5.82 Å². The Morgan fingerprint density at radius 1 is 1.59 bits per heavy atom. The summed E-state index contributed by atoms with van der Waals surface area (Å²) in [7, 11) is 1.68. The third-order valence-corrected chi connectivity index (χ3v) is 2.52. The van der Waals surface area contributed by atoms with Gasteiger partial charge in [-0.05, 0) is 26.0 Å². The Morgan fingerprint density at radius 2 is 2.24 bits per heavy atom. The van der Waals surface area contributed by atoms with Crippen LogP contribution in [0.4, 0.5) is 10.1 Å². The molecule has 0 aliphatic carbocycles. The Kier molecular flexibility index (Phi) is 4.22. The average molecular weight is 234 g/mol. The minimum Gasteiger partial charge on any atom is -0.370 e. The number of benzene rings is 1. The summed E-state index contributed by atoms with van der Waals surface area (Å²) in [6.07, 6.45) is 0. The van der Waals surface area contributed by atoms with Crippen LogP contribution in [-0.4, -0.2) is 19.4 Å². The van der Waals surface area contributed by atoms with E-state index in [-0.39, 0.29) is 17.4 Å². The highest BCUT2D eigenvalue weighted by molar-refractivity contribution is 5.99. The zero-order valence-corrected chi connectivity index (χ0v) is 10.2. The molecule has 0 aliphatic rings. The quantitative estimate of drug-likeness (QED) is 0.752. The highest BCUT2D eigenvalue weighted by atomic mass is 19.1. The van der Waals surface area contributed by atoms with Gasteiger partial charge in [0, 0.05) is 19.2 Å². The zero-order valence-electron chi connectivity index (χ0n) is 10.2. The predicted molar refractivity (Wildman–Crippen MR) is 64.5 cm³/mol. The van der Waals surface area contributed by atoms with Crippen molar-refractivity contribution in [2.45, 2.75) is 13.8 Å². The Labute approximate surface area is 100 Å². The molecule has 0 spiro atoms. The SMILES string of the molecule is CC(=O)c1cccc(F)c1N(C)CC(C)C#N. The second-order valence-corrected chi connectivity index (χ2v) is 4.10. The Morgan fingerprint density at radius 3 is 2.76 bits per heavy atom. The van der Waals surface area contributed by atoms with Crippen molar-refractivity contribution in [2.24, 2.45) is 5.92 Å². The van der Waals surface area contributed by atoms with Crippen molar-refractivity contribution in [1.82, 2.24) is 0 Å². The topological polar surface area (TPSA) is 44.1 Å². The number of hydrogen-bond acceptors (Lipinski definition) is 3. The van der Waals surface area contributed by atoms with Crippen LogP contribution in [-0.2, 0) is 0 Å². The van der Waals surface area contributed by atoms with Gasteiger partial charge >= 0.3 is 0 Å². The van der Waals surface area contributed by atoms with Crippen molar-refractivity contribution in [2.75, 3.05) is 18.5 Å². The van der Waals surface area contributed by atoms with E-state index in [1.807, 2.05) is 0 Å². The Hall–Kier alpha value is -1.89. The van der Waals surface area contributed by atoms with Crippen LogP contribution in [0.1, 0.15) is 24.2 Å². The molecule has 1 rings (SSSR count). The van der Waals surface area contributed by atoms with Crippen LogP contribution in [0.3, 0.4) is 0 Å². The van der Waals surface area contributed by atoms with Crippen LogP contribution in [0.15, 0.2) is 18.2 Å². The molecule has 0 aromatic heterocycles. The van der Waals surface area contributed by atoms with Gasteiger partial charge < -0.3 is 4.90 Å². The van der Waals surface area contributed by atoms with Crippen LogP contribution in [0.5, 0.6) is 0 Å². The lowest BCUT2D eigenvalue weighted by Crippen LogP contribution is -2.26. The van der Waals surface area contributed by atoms with Crippen molar-refractivity contribution in [3.8, 4) is 6.07 Å². The second-order valence-electron chi connectivity index (χ2n) is 4.10. The number of nitrogens with zero attached hydrogens (tertiary/aromatic N) is 2. The van der Waals surface area contributed by atoms with Gasteiger partial charge in [0.05, 0.1) is 17.7 Å². The molecule has 0 amide bonds. The van der Waals surface area contributed by atoms with E-state index < -0.39 is 5.82 Å². The summed E-state index contributed by atoms with van der Waals surface area (Å²) in [5.41, 5.74) is 0.611. The number of nitriles is 1. The van der Waals surface area contributed by atoms with Crippen LogP contribution in [0.2, 0.25) is 0 Å². The molecule has 4 heteroatoms. The molecule has 0 saturated heterocycles. The lowest BCUT2D eigenvalue weighted by Gasteiger charge is -2.23. The number of Topliss-reactive ketones (excluding diaryl/α,β-unsaturated/α-hetero) is 1. The number of ketones is 1. The number of rotatable bonds is 4. The molecule has 0 heterocycles. The third-order valence-electron chi connectivity index (χ3n) is 2.52. The average Bonchev–Trinajstić information content (AvgIpc) is 2.28. The second kappa shape index (κ2) is 5.44. The summed E-state index contributed by atoms with van der Waals surface area (Å²) in [6.45, 7) is 3.54. The number of halogens is 1. The largest absolute Gasteiger partial charge is 0.370 e. The summed E-state index contributed by atoms with van der Waals surface area (Å²) in [6, 6.07) is 6.50. The van der Waals surface area contributed by atoms with Crippen molar-refractivity contribution < 1.29 is 9.18 Å². The molecular weight excluding hydrogens is 219 g/mol.